The maximum absolute atomic E-state index is 13.0. The number of aryl methyl sites for hydroxylation is 1. The van der Waals surface area contributed by atoms with Gasteiger partial charge in [-0.3, -0.25) is 4.79 Å². The molecule has 0 aliphatic carbocycles. The van der Waals surface area contributed by atoms with Crippen molar-refractivity contribution in [1.82, 2.24) is 5.32 Å². The normalized spacial score (nSPS) is 10.3. The van der Waals surface area contributed by atoms with Gasteiger partial charge in [0.2, 0.25) is 0 Å². The fourth-order valence-corrected chi connectivity index (χ4v) is 2.03. The van der Waals surface area contributed by atoms with E-state index in [2.05, 4.69) is 12.2 Å². The standard InChI is InChI=1S/C18H17F2NO3/c1-2-12-3-5-13(6-4-12)10-21-17(22)11-24-18(23)14-7-15(19)9-16(20)8-14/h3-9H,2,10-11H2,1H3,(H,21,22). The average Bonchev–Trinajstić information content (AvgIpc) is 2.57. The lowest BCUT2D eigenvalue weighted by atomic mass is 10.1. The lowest BCUT2D eigenvalue weighted by Gasteiger charge is -2.07. The van der Waals surface area contributed by atoms with Gasteiger partial charge in [-0.15, -0.1) is 0 Å². The predicted molar refractivity (Wildman–Crippen MR) is 84.3 cm³/mol. The number of nitrogens with one attached hydrogen (secondary N) is 1. The number of benzene rings is 2. The minimum atomic E-state index is -0.962. The molecule has 0 aliphatic rings. The van der Waals surface area contributed by atoms with Crippen LogP contribution in [-0.4, -0.2) is 18.5 Å². The highest BCUT2D eigenvalue weighted by Gasteiger charge is 2.12. The van der Waals surface area contributed by atoms with E-state index >= 15 is 0 Å². The molecule has 0 aliphatic heterocycles. The summed E-state index contributed by atoms with van der Waals surface area (Å²) < 4.78 is 30.8. The number of esters is 1. The van der Waals surface area contributed by atoms with Crippen molar-refractivity contribution in [3.05, 3.63) is 70.8 Å². The van der Waals surface area contributed by atoms with Crippen LogP contribution in [0.15, 0.2) is 42.5 Å². The molecule has 24 heavy (non-hydrogen) atoms. The Morgan fingerprint density at radius 1 is 1.00 bits per heavy atom. The molecule has 0 aromatic heterocycles. The average molecular weight is 333 g/mol. The van der Waals surface area contributed by atoms with E-state index in [1.54, 1.807) is 0 Å². The molecule has 0 saturated carbocycles. The molecule has 1 N–H and O–H groups in total. The Kier molecular flexibility index (Phi) is 6.01. The highest BCUT2D eigenvalue weighted by atomic mass is 19.1. The van der Waals surface area contributed by atoms with Crippen LogP contribution in [0, 0.1) is 11.6 Å². The van der Waals surface area contributed by atoms with E-state index in [9.17, 15) is 18.4 Å². The summed E-state index contributed by atoms with van der Waals surface area (Å²) in [6.07, 6.45) is 0.934. The van der Waals surface area contributed by atoms with Gasteiger partial charge in [0.25, 0.3) is 5.91 Å². The van der Waals surface area contributed by atoms with Gasteiger partial charge in [-0.1, -0.05) is 31.2 Å². The van der Waals surface area contributed by atoms with Gasteiger partial charge in [0, 0.05) is 12.6 Å². The van der Waals surface area contributed by atoms with Crippen molar-refractivity contribution in [1.29, 1.82) is 0 Å². The van der Waals surface area contributed by atoms with Gasteiger partial charge in [0.1, 0.15) is 11.6 Å². The Morgan fingerprint density at radius 2 is 1.58 bits per heavy atom. The Labute approximate surface area is 138 Å². The van der Waals surface area contributed by atoms with Crippen LogP contribution in [0.4, 0.5) is 8.78 Å². The number of hydrogen-bond acceptors (Lipinski definition) is 3. The van der Waals surface area contributed by atoms with Gasteiger partial charge in [-0.25, -0.2) is 13.6 Å². The van der Waals surface area contributed by atoms with Gasteiger partial charge >= 0.3 is 5.97 Å². The summed E-state index contributed by atoms with van der Waals surface area (Å²) in [7, 11) is 0. The van der Waals surface area contributed by atoms with Crippen LogP contribution in [0.2, 0.25) is 0 Å². The second-order valence-electron chi connectivity index (χ2n) is 5.18. The van der Waals surface area contributed by atoms with E-state index in [1.807, 2.05) is 24.3 Å². The van der Waals surface area contributed by atoms with Crippen molar-refractivity contribution in [3.8, 4) is 0 Å². The second kappa shape index (κ2) is 8.19. The van der Waals surface area contributed by atoms with Gasteiger partial charge in [-0.2, -0.15) is 0 Å². The molecule has 0 spiro atoms. The van der Waals surface area contributed by atoms with E-state index in [0.717, 1.165) is 24.1 Å². The zero-order chi connectivity index (χ0) is 17.5. The van der Waals surface area contributed by atoms with Crippen LogP contribution in [0.25, 0.3) is 0 Å². The first kappa shape index (κ1) is 17.6. The Morgan fingerprint density at radius 3 is 2.17 bits per heavy atom. The van der Waals surface area contributed by atoms with E-state index in [0.29, 0.717) is 12.6 Å². The summed E-state index contributed by atoms with van der Waals surface area (Å²) in [5, 5.41) is 2.60. The number of rotatable bonds is 6. The van der Waals surface area contributed by atoms with Gasteiger partial charge in [0.15, 0.2) is 6.61 Å². The molecular weight excluding hydrogens is 316 g/mol. The van der Waals surface area contributed by atoms with Crippen molar-refractivity contribution in [2.75, 3.05) is 6.61 Å². The topological polar surface area (TPSA) is 55.4 Å². The van der Waals surface area contributed by atoms with E-state index in [4.69, 9.17) is 4.74 Å². The molecule has 1 amide bonds. The number of ether oxygens (including phenoxy) is 1. The maximum atomic E-state index is 13.0. The van der Waals surface area contributed by atoms with Crippen molar-refractivity contribution >= 4 is 11.9 Å². The van der Waals surface area contributed by atoms with Crippen molar-refractivity contribution in [2.45, 2.75) is 19.9 Å². The molecule has 0 heterocycles. The van der Waals surface area contributed by atoms with Crippen LogP contribution < -0.4 is 5.32 Å². The Balaban J connectivity index is 1.80. The summed E-state index contributed by atoms with van der Waals surface area (Å²) in [5.41, 5.74) is 1.83. The largest absolute Gasteiger partial charge is 0.452 e. The summed E-state index contributed by atoms with van der Waals surface area (Å²) in [5.74, 6) is -3.24. The van der Waals surface area contributed by atoms with E-state index < -0.39 is 30.1 Å². The Hall–Kier alpha value is -2.76. The van der Waals surface area contributed by atoms with Gasteiger partial charge in [0.05, 0.1) is 5.56 Å². The first-order valence-electron chi connectivity index (χ1n) is 7.45. The number of amides is 1. The molecular formula is C18H17F2NO3. The smallest absolute Gasteiger partial charge is 0.338 e. The summed E-state index contributed by atoms with van der Waals surface area (Å²) in [6, 6.07) is 10.1. The lowest BCUT2D eigenvalue weighted by molar-refractivity contribution is -0.124. The minimum Gasteiger partial charge on any atom is -0.452 e. The lowest BCUT2D eigenvalue weighted by Crippen LogP contribution is -2.28. The fourth-order valence-electron chi connectivity index (χ4n) is 2.03. The third-order valence-electron chi connectivity index (χ3n) is 3.35. The zero-order valence-corrected chi connectivity index (χ0v) is 13.1. The Bertz CT molecular complexity index is 709. The van der Waals surface area contributed by atoms with Gasteiger partial charge in [-0.05, 0) is 29.7 Å². The first-order chi connectivity index (χ1) is 11.5. The number of halogens is 2. The van der Waals surface area contributed by atoms with Gasteiger partial charge < -0.3 is 10.1 Å². The monoisotopic (exact) mass is 333 g/mol. The van der Waals surface area contributed by atoms with E-state index in [-0.39, 0.29) is 5.56 Å². The maximum Gasteiger partial charge on any atom is 0.338 e. The molecule has 0 fully saturated rings. The summed E-state index contributed by atoms with van der Waals surface area (Å²) in [4.78, 5) is 23.3. The summed E-state index contributed by atoms with van der Waals surface area (Å²) >= 11 is 0. The molecule has 0 saturated heterocycles. The number of carbonyl (C=O) groups excluding carboxylic acids is 2. The molecule has 126 valence electrons. The molecule has 0 atom stereocenters. The molecule has 2 aromatic rings. The highest BCUT2D eigenvalue weighted by Crippen LogP contribution is 2.09. The van der Waals surface area contributed by atoms with Crippen LogP contribution >= 0.6 is 0 Å². The van der Waals surface area contributed by atoms with Crippen LogP contribution in [0.1, 0.15) is 28.4 Å². The molecule has 0 radical (unpaired) electrons. The van der Waals surface area contributed by atoms with Crippen molar-refractivity contribution in [2.24, 2.45) is 0 Å². The summed E-state index contributed by atoms with van der Waals surface area (Å²) in [6.45, 7) is 1.83. The minimum absolute atomic E-state index is 0.282. The molecule has 6 heteroatoms. The zero-order valence-electron chi connectivity index (χ0n) is 13.1. The molecule has 2 aromatic carbocycles. The van der Waals surface area contributed by atoms with E-state index in [1.165, 1.54) is 5.56 Å². The van der Waals surface area contributed by atoms with Crippen LogP contribution in [0.3, 0.4) is 0 Å². The van der Waals surface area contributed by atoms with Crippen LogP contribution in [0.5, 0.6) is 0 Å². The molecule has 4 nitrogen and oxygen atoms in total. The number of carbonyl (C=O) groups is 2. The SMILES string of the molecule is CCc1ccc(CNC(=O)COC(=O)c2cc(F)cc(F)c2)cc1. The van der Waals surface area contributed by atoms with Crippen molar-refractivity contribution in [3.63, 3.8) is 0 Å². The van der Waals surface area contributed by atoms with Crippen molar-refractivity contribution < 1.29 is 23.1 Å². The predicted octanol–water partition coefficient (Wildman–Crippen LogP) is 3.00. The highest BCUT2D eigenvalue weighted by molar-refractivity contribution is 5.91. The molecule has 0 bridgehead atoms. The molecule has 0 unspecified atom stereocenters. The number of hydrogen-bond donors (Lipinski definition) is 1. The third kappa shape index (κ3) is 5.15. The second-order valence-corrected chi connectivity index (χ2v) is 5.18. The third-order valence-corrected chi connectivity index (χ3v) is 3.35. The fraction of sp³-hybridized carbons (Fsp3) is 0.222. The van der Waals surface area contributed by atoms with Crippen LogP contribution in [-0.2, 0) is 22.5 Å². The first-order valence-corrected chi connectivity index (χ1v) is 7.45. The molecule has 2 rings (SSSR count). The quantitative estimate of drug-likeness (QED) is 0.827.